The van der Waals surface area contributed by atoms with Crippen LogP contribution in [-0.4, -0.2) is 16.0 Å². The summed E-state index contributed by atoms with van der Waals surface area (Å²) in [5.41, 5.74) is 3.18. The van der Waals surface area contributed by atoms with Crippen molar-refractivity contribution < 1.29 is 9.90 Å². The highest BCUT2D eigenvalue weighted by atomic mass is 35.5. The van der Waals surface area contributed by atoms with Crippen molar-refractivity contribution in [3.05, 3.63) is 51.8 Å². The number of pyridine rings is 1. The highest BCUT2D eigenvalue weighted by Crippen LogP contribution is 2.26. The number of phenols is 1. The third-order valence-corrected chi connectivity index (χ3v) is 3.34. The van der Waals surface area contributed by atoms with Crippen molar-refractivity contribution in [2.75, 3.05) is 5.32 Å². The molecular weight excluding hydrogens is 276 g/mol. The lowest BCUT2D eigenvalue weighted by atomic mass is 10.1. The molecule has 5 heteroatoms. The number of aryl methyl sites for hydroxylation is 3. The average molecular weight is 291 g/mol. The molecule has 0 aliphatic carbocycles. The van der Waals surface area contributed by atoms with Crippen molar-refractivity contribution in [1.29, 1.82) is 0 Å². The lowest BCUT2D eigenvalue weighted by Gasteiger charge is -2.11. The molecule has 0 spiro atoms. The maximum Gasteiger partial charge on any atom is 0.258 e. The molecule has 0 aliphatic rings. The lowest BCUT2D eigenvalue weighted by Crippen LogP contribution is -2.14. The van der Waals surface area contributed by atoms with Crippen molar-refractivity contribution in [3.8, 4) is 5.75 Å². The molecule has 0 fully saturated rings. The minimum atomic E-state index is -0.323. The second-order valence-corrected chi connectivity index (χ2v) is 5.12. The van der Waals surface area contributed by atoms with E-state index in [0.717, 1.165) is 11.3 Å². The van der Waals surface area contributed by atoms with Gasteiger partial charge in [-0.05, 0) is 50.1 Å². The van der Waals surface area contributed by atoms with Gasteiger partial charge in [0.2, 0.25) is 0 Å². The number of hydrogen-bond donors (Lipinski definition) is 2. The summed E-state index contributed by atoms with van der Waals surface area (Å²) in [6.45, 7) is 5.38. The molecule has 0 unspecified atom stereocenters. The van der Waals surface area contributed by atoms with Crippen molar-refractivity contribution >= 4 is 23.2 Å². The molecule has 20 heavy (non-hydrogen) atoms. The zero-order valence-corrected chi connectivity index (χ0v) is 12.2. The van der Waals surface area contributed by atoms with Gasteiger partial charge in [-0.15, -0.1) is 0 Å². The van der Waals surface area contributed by atoms with Gasteiger partial charge in [-0.25, -0.2) is 0 Å². The van der Waals surface area contributed by atoms with E-state index in [1.807, 2.05) is 6.92 Å². The molecule has 0 saturated heterocycles. The first kappa shape index (κ1) is 14.3. The number of carbonyl (C=O) groups is 1. The number of nitrogens with one attached hydrogen (secondary N) is 1. The first-order chi connectivity index (χ1) is 9.38. The molecule has 0 atom stereocenters. The van der Waals surface area contributed by atoms with Crippen LogP contribution >= 0.6 is 11.6 Å². The van der Waals surface area contributed by atoms with Crippen LogP contribution in [-0.2, 0) is 0 Å². The van der Waals surface area contributed by atoms with Crippen LogP contribution < -0.4 is 5.32 Å². The van der Waals surface area contributed by atoms with Gasteiger partial charge >= 0.3 is 0 Å². The van der Waals surface area contributed by atoms with Crippen LogP contribution in [0.5, 0.6) is 5.75 Å². The number of nitrogens with zero attached hydrogens (tertiary/aromatic N) is 1. The van der Waals surface area contributed by atoms with Gasteiger partial charge in [-0.3, -0.25) is 9.78 Å². The second kappa shape index (κ2) is 5.51. The quantitative estimate of drug-likeness (QED) is 0.830. The molecule has 0 bridgehead atoms. The first-order valence-electron chi connectivity index (χ1n) is 6.12. The van der Waals surface area contributed by atoms with Gasteiger partial charge in [-0.1, -0.05) is 11.6 Å². The van der Waals surface area contributed by atoms with Gasteiger partial charge in [0.1, 0.15) is 5.75 Å². The van der Waals surface area contributed by atoms with E-state index in [0.29, 0.717) is 21.8 Å². The predicted molar refractivity (Wildman–Crippen MR) is 79.5 cm³/mol. The van der Waals surface area contributed by atoms with Crippen molar-refractivity contribution in [1.82, 2.24) is 4.98 Å². The number of amides is 1. The van der Waals surface area contributed by atoms with E-state index in [-0.39, 0.29) is 11.7 Å². The Morgan fingerprint density at radius 1 is 1.20 bits per heavy atom. The third-order valence-electron chi connectivity index (χ3n) is 3.03. The third kappa shape index (κ3) is 2.91. The smallest absolute Gasteiger partial charge is 0.258 e. The Morgan fingerprint density at radius 2 is 1.90 bits per heavy atom. The predicted octanol–water partition coefficient (Wildman–Crippen LogP) is 3.62. The summed E-state index contributed by atoms with van der Waals surface area (Å²) >= 11 is 6.05. The Balaban J connectivity index is 2.30. The number of aromatic nitrogens is 1. The number of aromatic hydroxyl groups is 1. The summed E-state index contributed by atoms with van der Waals surface area (Å²) in [5, 5.41) is 12.8. The number of rotatable bonds is 2. The van der Waals surface area contributed by atoms with E-state index in [9.17, 15) is 9.90 Å². The van der Waals surface area contributed by atoms with Gasteiger partial charge in [0.25, 0.3) is 5.91 Å². The molecule has 104 valence electrons. The summed E-state index contributed by atoms with van der Waals surface area (Å²) in [6.07, 6.45) is 1.45. The fraction of sp³-hybridized carbons (Fsp3) is 0.200. The van der Waals surface area contributed by atoms with Gasteiger partial charge in [0, 0.05) is 17.6 Å². The Hall–Kier alpha value is -2.07. The molecular formula is C15H15ClN2O2. The minimum absolute atomic E-state index is 0.204. The largest absolute Gasteiger partial charge is 0.508 e. The van der Waals surface area contributed by atoms with Crippen molar-refractivity contribution in [2.24, 2.45) is 0 Å². The van der Waals surface area contributed by atoms with Gasteiger partial charge in [0.15, 0.2) is 0 Å². The van der Waals surface area contributed by atoms with Crippen LogP contribution in [0.25, 0.3) is 0 Å². The Bertz CT molecular complexity index is 684. The molecule has 1 heterocycles. The molecule has 0 saturated carbocycles. The van der Waals surface area contributed by atoms with Crippen LogP contribution in [0.3, 0.4) is 0 Å². The molecule has 2 aromatic rings. The van der Waals surface area contributed by atoms with Crippen LogP contribution in [0.1, 0.15) is 27.2 Å². The fourth-order valence-electron chi connectivity index (χ4n) is 1.82. The second-order valence-electron chi connectivity index (χ2n) is 4.71. The summed E-state index contributed by atoms with van der Waals surface area (Å²) in [6, 6.07) is 4.98. The first-order valence-corrected chi connectivity index (χ1v) is 6.50. The van der Waals surface area contributed by atoms with E-state index in [1.165, 1.54) is 6.20 Å². The van der Waals surface area contributed by atoms with Crippen LogP contribution in [0.4, 0.5) is 5.69 Å². The van der Waals surface area contributed by atoms with E-state index < -0.39 is 0 Å². The fourth-order valence-corrected chi connectivity index (χ4v) is 2.11. The molecule has 0 radical (unpaired) electrons. The normalized spacial score (nSPS) is 10.4. The molecule has 0 aliphatic heterocycles. The molecule has 2 N–H and O–H groups in total. The molecule has 1 aromatic heterocycles. The Kier molecular flexibility index (Phi) is 3.95. The van der Waals surface area contributed by atoms with Crippen molar-refractivity contribution in [2.45, 2.75) is 20.8 Å². The minimum Gasteiger partial charge on any atom is -0.508 e. The number of phenolic OH excluding ortho intramolecular Hbond substituents is 1. The van der Waals surface area contributed by atoms with Gasteiger partial charge in [-0.2, -0.15) is 0 Å². The van der Waals surface area contributed by atoms with E-state index in [4.69, 9.17) is 11.6 Å². The zero-order valence-electron chi connectivity index (χ0n) is 11.5. The standard InChI is InChI=1S/C15H15ClN2O2/c1-8-5-14(19)9(2)4-13(8)18-15(20)11-7-17-10(3)6-12(11)16/h4-7,19H,1-3H3,(H,18,20). The number of benzene rings is 1. The monoisotopic (exact) mass is 290 g/mol. The number of hydrogen-bond acceptors (Lipinski definition) is 3. The van der Waals surface area contributed by atoms with E-state index in [2.05, 4.69) is 10.3 Å². The zero-order chi connectivity index (χ0) is 14.9. The Labute approximate surface area is 122 Å². The van der Waals surface area contributed by atoms with E-state index in [1.54, 1.807) is 32.0 Å². The number of anilines is 1. The Morgan fingerprint density at radius 3 is 2.55 bits per heavy atom. The van der Waals surface area contributed by atoms with Gasteiger partial charge < -0.3 is 10.4 Å². The van der Waals surface area contributed by atoms with Crippen LogP contribution in [0.2, 0.25) is 5.02 Å². The summed E-state index contributed by atoms with van der Waals surface area (Å²) in [7, 11) is 0. The summed E-state index contributed by atoms with van der Waals surface area (Å²) in [5.74, 6) is -0.119. The van der Waals surface area contributed by atoms with E-state index >= 15 is 0 Å². The maximum atomic E-state index is 12.2. The van der Waals surface area contributed by atoms with Crippen LogP contribution in [0.15, 0.2) is 24.4 Å². The molecule has 2 rings (SSSR count). The lowest BCUT2D eigenvalue weighted by molar-refractivity contribution is 0.102. The summed E-state index contributed by atoms with van der Waals surface area (Å²) in [4.78, 5) is 16.3. The maximum absolute atomic E-state index is 12.2. The highest BCUT2D eigenvalue weighted by Gasteiger charge is 2.13. The van der Waals surface area contributed by atoms with Crippen molar-refractivity contribution in [3.63, 3.8) is 0 Å². The SMILES string of the molecule is Cc1cc(Cl)c(C(=O)Nc2cc(C)c(O)cc2C)cn1. The number of carbonyl (C=O) groups excluding carboxylic acids is 1. The molecule has 1 amide bonds. The number of halogens is 1. The highest BCUT2D eigenvalue weighted by molar-refractivity contribution is 6.34. The van der Waals surface area contributed by atoms with Gasteiger partial charge in [0.05, 0.1) is 10.6 Å². The topological polar surface area (TPSA) is 62.2 Å². The van der Waals surface area contributed by atoms with Crippen LogP contribution in [0, 0.1) is 20.8 Å². The molecule has 1 aromatic carbocycles. The molecule has 4 nitrogen and oxygen atoms in total. The summed E-state index contributed by atoms with van der Waals surface area (Å²) < 4.78 is 0. The average Bonchev–Trinajstić information content (AvgIpc) is 2.35.